The van der Waals surface area contributed by atoms with Crippen molar-refractivity contribution in [2.75, 3.05) is 44.9 Å². The van der Waals surface area contributed by atoms with Gasteiger partial charge in [0, 0.05) is 13.1 Å². The zero-order valence-corrected chi connectivity index (χ0v) is 18.2. The van der Waals surface area contributed by atoms with E-state index >= 15 is 0 Å². The number of aromatic nitrogens is 1. The summed E-state index contributed by atoms with van der Waals surface area (Å²) in [6.45, 7) is 0.920. The van der Waals surface area contributed by atoms with Crippen molar-refractivity contribution in [3.63, 3.8) is 0 Å². The molecule has 29 heavy (non-hydrogen) atoms. The number of amides is 1. The molecule has 2 aromatic carbocycles. The number of nitrogens with zero attached hydrogens (tertiary/aromatic N) is 3. The SMILES string of the molecule is COc1ccc2nc(N(CCN(C)C)C(=O)CS(=O)(=O)c3ccccc3)sc2c1. The van der Waals surface area contributed by atoms with E-state index in [-0.39, 0.29) is 4.90 Å². The third-order valence-corrected chi connectivity index (χ3v) is 6.96. The van der Waals surface area contributed by atoms with Gasteiger partial charge in [0.15, 0.2) is 15.0 Å². The van der Waals surface area contributed by atoms with E-state index in [1.807, 2.05) is 31.1 Å². The van der Waals surface area contributed by atoms with Gasteiger partial charge in [-0.1, -0.05) is 29.5 Å². The number of likely N-dealkylation sites (N-methyl/N-ethyl adjacent to an activating group) is 1. The molecule has 0 aliphatic rings. The van der Waals surface area contributed by atoms with Crippen LogP contribution in [0.2, 0.25) is 0 Å². The molecule has 0 bridgehead atoms. The second-order valence-corrected chi connectivity index (χ2v) is 9.75. The van der Waals surface area contributed by atoms with Crippen molar-refractivity contribution in [3.05, 3.63) is 48.5 Å². The summed E-state index contributed by atoms with van der Waals surface area (Å²) in [7, 11) is 1.64. The minimum atomic E-state index is -3.74. The van der Waals surface area contributed by atoms with Gasteiger partial charge in [0.25, 0.3) is 0 Å². The molecule has 0 spiro atoms. The summed E-state index contributed by atoms with van der Waals surface area (Å²) >= 11 is 1.34. The Bertz CT molecular complexity index is 1100. The number of ether oxygens (including phenoxy) is 1. The predicted octanol–water partition coefficient (Wildman–Crippen LogP) is 2.67. The van der Waals surface area contributed by atoms with Crippen molar-refractivity contribution in [1.82, 2.24) is 9.88 Å². The Labute approximate surface area is 174 Å². The zero-order chi connectivity index (χ0) is 21.0. The number of benzene rings is 2. The Morgan fingerprint density at radius 1 is 1.10 bits per heavy atom. The first kappa shape index (κ1) is 21.2. The average molecular weight is 434 g/mol. The Morgan fingerprint density at radius 2 is 1.83 bits per heavy atom. The van der Waals surface area contributed by atoms with Gasteiger partial charge in [-0.2, -0.15) is 0 Å². The molecular weight excluding hydrogens is 410 g/mol. The molecule has 0 saturated carbocycles. The van der Waals surface area contributed by atoms with E-state index in [2.05, 4.69) is 4.98 Å². The monoisotopic (exact) mass is 433 g/mol. The van der Waals surface area contributed by atoms with E-state index in [0.717, 1.165) is 10.2 Å². The van der Waals surface area contributed by atoms with Crippen molar-refractivity contribution >= 4 is 42.4 Å². The lowest BCUT2D eigenvalue weighted by Gasteiger charge is -2.22. The van der Waals surface area contributed by atoms with Crippen LogP contribution in [-0.2, 0) is 14.6 Å². The summed E-state index contributed by atoms with van der Waals surface area (Å²) < 4.78 is 31.5. The minimum absolute atomic E-state index is 0.134. The van der Waals surface area contributed by atoms with Gasteiger partial charge in [0.05, 0.1) is 22.2 Å². The minimum Gasteiger partial charge on any atom is -0.497 e. The van der Waals surface area contributed by atoms with Gasteiger partial charge >= 0.3 is 0 Å². The largest absolute Gasteiger partial charge is 0.497 e. The number of rotatable bonds is 8. The third-order valence-electron chi connectivity index (χ3n) is 4.30. The van der Waals surface area contributed by atoms with Crippen LogP contribution in [0.5, 0.6) is 5.75 Å². The van der Waals surface area contributed by atoms with E-state index in [1.165, 1.54) is 28.4 Å². The number of carbonyl (C=O) groups excluding carboxylic acids is 1. The smallest absolute Gasteiger partial charge is 0.244 e. The van der Waals surface area contributed by atoms with E-state index in [9.17, 15) is 13.2 Å². The summed E-state index contributed by atoms with van der Waals surface area (Å²) in [6.07, 6.45) is 0. The lowest BCUT2D eigenvalue weighted by molar-refractivity contribution is -0.116. The highest BCUT2D eigenvalue weighted by Crippen LogP contribution is 2.31. The average Bonchev–Trinajstić information content (AvgIpc) is 3.10. The number of fused-ring (bicyclic) bond motifs is 1. The third kappa shape index (κ3) is 5.11. The molecule has 0 atom stereocenters. The van der Waals surface area contributed by atoms with Crippen molar-refractivity contribution in [1.29, 1.82) is 0 Å². The van der Waals surface area contributed by atoms with Gasteiger partial charge in [-0.25, -0.2) is 13.4 Å². The van der Waals surface area contributed by atoms with E-state index in [4.69, 9.17) is 4.74 Å². The fourth-order valence-electron chi connectivity index (χ4n) is 2.71. The van der Waals surface area contributed by atoms with E-state index < -0.39 is 21.5 Å². The zero-order valence-electron chi connectivity index (χ0n) is 16.5. The molecule has 9 heteroatoms. The Balaban J connectivity index is 1.91. The molecule has 1 aromatic heterocycles. The molecule has 0 aliphatic heterocycles. The molecule has 0 radical (unpaired) electrons. The van der Waals surface area contributed by atoms with Gasteiger partial charge in [-0.15, -0.1) is 0 Å². The molecule has 0 saturated heterocycles. The molecule has 154 valence electrons. The summed E-state index contributed by atoms with van der Waals surface area (Å²) in [5, 5.41) is 0.475. The van der Waals surface area contributed by atoms with Gasteiger partial charge in [-0.3, -0.25) is 9.69 Å². The number of anilines is 1. The van der Waals surface area contributed by atoms with Crippen molar-refractivity contribution in [2.45, 2.75) is 4.90 Å². The number of sulfone groups is 1. The summed E-state index contributed by atoms with van der Waals surface area (Å²) in [5.74, 6) is -0.406. The number of hydrogen-bond donors (Lipinski definition) is 0. The number of methoxy groups -OCH3 is 1. The highest BCUT2D eigenvalue weighted by Gasteiger charge is 2.26. The molecule has 7 nitrogen and oxygen atoms in total. The normalized spacial score (nSPS) is 11.7. The Kier molecular flexibility index (Phi) is 6.51. The fourth-order valence-corrected chi connectivity index (χ4v) is 4.97. The van der Waals surface area contributed by atoms with Gasteiger partial charge < -0.3 is 9.64 Å². The first-order valence-corrected chi connectivity index (χ1v) is 11.4. The van der Waals surface area contributed by atoms with Crippen LogP contribution in [0.1, 0.15) is 0 Å². The fraction of sp³-hybridized carbons (Fsp3) is 0.300. The Morgan fingerprint density at radius 3 is 2.48 bits per heavy atom. The predicted molar refractivity (Wildman–Crippen MR) is 116 cm³/mol. The molecule has 0 fully saturated rings. The standard InChI is InChI=1S/C20H23N3O4S2/c1-22(2)11-12-23(19(24)14-29(25,26)16-7-5-4-6-8-16)20-21-17-10-9-15(27-3)13-18(17)28-20/h4-10,13H,11-12,14H2,1-3H3. The molecule has 0 unspecified atom stereocenters. The molecule has 0 aliphatic carbocycles. The number of carbonyl (C=O) groups is 1. The van der Waals surface area contributed by atoms with Crippen LogP contribution in [0.4, 0.5) is 5.13 Å². The van der Waals surface area contributed by atoms with Crippen molar-refractivity contribution < 1.29 is 17.9 Å². The van der Waals surface area contributed by atoms with Crippen LogP contribution in [-0.4, -0.2) is 64.3 Å². The lowest BCUT2D eigenvalue weighted by atomic mass is 10.3. The molecule has 3 rings (SSSR count). The number of hydrogen-bond acceptors (Lipinski definition) is 7. The summed E-state index contributed by atoms with van der Waals surface area (Å²) in [6, 6.07) is 13.5. The van der Waals surface area contributed by atoms with Crippen molar-refractivity contribution in [2.24, 2.45) is 0 Å². The summed E-state index contributed by atoms with van der Waals surface area (Å²) in [5.41, 5.74) is 0.736. The maximum atomic E-state index is 13.0. The Hall–Kier alpha value is -2.49. The van der Waals surface area contributed by atoms with E-state index in [1.54, 1.807) is 31.4 Å². The van der Waals surface area contributed by atoms with Gasteiger partial charge in [0.1, 0.15) is 11.5 Å². The maximum absolute atomic E-state index is 13.0. The molecule has 0 N–H and O–H groups in total. The van der Waals surface area contributed by atoms with Gasteiger partial charge in [-0.05, 0) is 44.4 Å². The lowest BCUT2D eigenvalue weighted by Crippen LogP contribution is -2.40. The van der Waals surface area contributed by atoms with Crippen LogP contribution < -0.4 is 9.64 Å². The van der Waals surface area contributed by atoms with Crippen LogP contribution in [0, 0.1) is 0 Å². The first-order valence-electron chi connectivity index (χ1n) is 8.97. The molecule has 1 heterocycles. The number of thiazole rings is 1. The molecule has 1 amide bonds. The second kappa shape index (κ2) is 8.89. The highest BCUT2D eigenvalue weighted by molar-refractivity contribution is 7.92. The summed E-state index contributed by atoms with van der Waals surface area (Å²) in [4.78, 5) is 21.1. The molecular formula is C20H23N3O4S2. The van der Waals surface area contributed by atoms with Crippen LogP contribution in [0.25, 0.3) is 10.2 Å². The topological polar surface area (TPSA) is 79.8 Å². The quantitative estimate of drug-likeness (QED) is 0.543. The van der Waals surface area contributed by atoms with Crippen molar-refractivity contribution in [3.8, 4) is 5.75 Å². The van der Waals surface area contributed by atoms with E-state index in [0.29, 0.717) is 24.0 Å². The first-order chi connectivity index (χ1) is 13.8. The van der Waals surface area contributed by atoms with Gasteiger partial charge in [0.2, 0.25) is 5.91 Å². The van der Waals surface area contributed by atoms with Crippen LogP contribution in [0.15, 0.2) is 53.4 Å². The van der Waals surface area contributed by atoms with Crippen LogP contribution in [0.3, 0.4) is 0 Å². The van der Waals surface area contributed by atoms with Crippen LogP contribution >= 0.6 is 11.3 Å². The maximum Gasteiger partial charge on any atom is 0.244 e. The second-order valence-electron chi connectivity index (χ2n) is 6.75. The highest BCUT2D eigenvalue weighted by atomic mass is 32.2. The molecule has 3 aromatic rings.